The largest absolute Gasteiger partial charge is 0.547 e. The van der Waals surface area contributed by atoms with E-state index in [1.54, 1.807) is 55.5 Å². The topological polar surface area (TPSA) is 114 Å². The number of hydrogen-bond acceptors (Lipinski definition) is 7. The number of nitrogens with one attached hydrogen (secondary N) is 1. The van der Waals surface area contributed by atoms with Gasteiger partial charge in [0, 0.05) is 12.0 Å². The molecule has 2 aromatic carbocycles. The molecule has 2 atom stereocenters. The number of esters is 1. The van der Waals surface area contributed by atoms with E-state index < -0.39 is 32.1 Å². The maximum absolute atomic E-state index is 11.9. The zero-order chi connectivity index (χ0) is 20.8. The maximum atomic E-state index is 11.9. The highest BCUT2D eigenvalue weighted by Gasteiger charge is 2.37. The first kappa shape index (κ1) is 20.8. The van der Waals surface area contributed by atoms with Crippen molar-refractivity contribution >= 4 is 19.0 Å². The van der Waals surface area contributed by atoms with Crippen molar-refractivity contribution in [1.29, 1.82) is 0 Å². The van der Waals surface area contributed by atoms with Crippen molar-refractivity contribution in [3.05, 3.63) is 65.2 Å². The molecule has 0 saturated carbocycles. The Bertz CT molecular complexity index is 861. The van der Waals surface area contributed by atoms with Crippen molar-refractivity contribution in [1.82, 2.24) is 5.32 Å². The molecule has 1 aliphatic rings. The standard InChI is InChI=1S/C20H22BNO7/c1-2-17(23)22-16-11-14-9-6-10-15(18(14)29-21(16)26)20(25)28-12-27-19(24)13-7-4-3-5-8-13/h3-10,16,20,25-26H,2,11-12H2,1H3,(H,22,23)/t16-,20?/m0/s1. The van der Waals surface area contributed by atoms with Gasteiger partial charge in [-0.15, -0.1) is 0 Å². The molecule has 0 fully saturated rings. The summed E-state index contributed by atoms with van der Waals surface area (Å²) in [5.41, 5.74) is 1.37. The molecule has 9 heteroatoms. The molecule has 29 heavy (non-hydrogen) atoms. The Labute approximate surface area is 168 Å². The van der Waals surface area contributed by atoms with Crippen LogP contribution in [0.2, 0.25) is 0 Å². The van der Waals surface area contributed by atoms with Gasteiger partial charge in [0.2, 0.25) is 5.91 Å². The summed E-state index contributed by atoms with van der Waals surface area (Å²) in [4.78, 5) is 23.5. The molecule has 152 valence electrons. The predicted octanol–water partition coefficient (Wildman–Crippen LogP) is 1.36. The van der Waals surface area contributed by atoms with E-state index in [1.807, 2.05) is 0 Å². The van der Waals surface area contributed by atoms with E-state index in [0.717, 1.165) is 0 Å². The Morgan fingerprint density at radius 1 is 1.24 bits per heavy atom. The highest BCUT2D eigenvalue weighted by molar-refractivity contribution is 6.46. The molecule has 2 aromatic rings. The lowest BCUT2D eigenvalue weighted by atomic mass is 9.72. The fraction of sp³-hybridized carbons (Fsp3) is 0.300. The second-order valence-electron chi connectivity index (χ2n) is 6.51. The number of rotatable bonds is 7. The molecule has 0 aromatic heterocycles. The Morgan fingerprint density at radius 3 is 2.72 bits per heavy atom. The fourth-order valence-electron chi connectivity index (χ4n) is 2.97. The van der Waals surface area contributed by atoms with Crippen molar-refractivity contribution in [3.63, 3.8) is 0 Å². The van der Waals surface area contributed by atoms with Gasteiger partial charge in [-0.1, -0.05) is 43.3 Å². The number of aliphatic hydroxyl groups is 1. The number of carbonyl (C=O) groups excluding carboxylic acids is 2. The number of amides is 1. The van der Waals surface area contributed by atoms with Crippen LogP contribution in [0.5, 0.6) is 5.75 Å². The molecule has 0 saturated heterocycles. The van der Waals surface area contributed by atoms with Crippen LogP contribution in [0.3, 0.4) is 0 Å². The van der Waals surface area contributed by atoms with Gasteiger partial charge in [0.25, 0.3) is 0 Å². The second-order valence-corrected chi connectivity index (χ2v) is 6.51. The predicted molar refractivity (Wildman–Crippen MR) is 104 cm³/mol. The number of para-hydroxylation sites is 1. The van der Waals surface area contributed by atoms with Gasteiger partial charge in [0.15, 0.2) is 13.1 Å². The monoisotopic (exact) mass is 399 g/mol. The average molecular weight is 399 g/mol. The summed E-state index contributed by atoms with van der Waals surface area (Å²) < 4.78 is 15.7. The van der Waals surface area contributed by atoms with Gasteiger partial charge < -0.3 is 29.6 Å². The molecule has 0 aliphatic carbocycles. The normalized spacial score (nSPS) is 16.4. The molecular weight excluding hydrogens is 377 g/mol. The summed E-state index contributed by atoms with van der Waals surface area (Å²) in [6, 6.07) is 13.5. The van der Waals surface area contributed by atoms with E-state index in [0.29, 0.717) is 24.0 Å². The summed E-state index contributed by atoms with van der Waals surface area (Å²) in [7, 11) is -1.26. The molecule has 1 heterocycles. The van der Waals surface area contributed by atoms with E-state index in [9.17, 15) is 19.7 Å². The number of ether oxygens (including phenoxy) is 2. The van der Waals surface area contributed by atoms with Crippen molar-refractivity contribution in [2.75, 3.05) is 6.79 Å². The van der Waals surface area contributed by atoms with Crippen molar-refractivity contribution in [2.24, 2.45) is 0 Å². The maximum Gasteiger partial charge on any atom is 0.547 e. The van der Waals surface area contributed by atoms with Crippen LogP contribution in [0.25, 0.3) is 0 Å². The number of benzene rings is 2. The van der Waals surface area contributed by atoms with Crippen LogP contribution < -0.4 is 9.97 Å². The first-order valence-electron chi connectivity index (χ1n) is 9.27. The van der Waals surface area contributed by atoms with Gasteiger partial charge in [0.05, 0.1) is 11.5 Å². The summed E-state index contributed by atoms with van der Waals surface area (Å²) in [5, 5.41) is 23.3. The summed E-state index contributed by atoms with van der Waals surface area (Å²) in [6.07, 6.45) is -0.793. The van der Waals surface area contributed by atoms with Crippen LogP contribution in [0, 0.1) is 0 Å². The van der Waals surface area contributed by atoms with Gasteiger partial charge in [-0.3, -0.25) is 4.79 Å². The van der Waals surface area contributed by atoms with E-state index in [1.165, 1.54) is 0 Å². The molecular formula is C20H22BNO7. The lowest BCUT2D eigenvalue weighted by Gasteiger charge is -2.30. The van der Waals surface area contributed by atoms with Crippen LogP contribution in [-0.2, 0) is 20.7 Å². The summed E-state index contributed by atoms with van der Waals surface area (Å²) in [6.45, 7) is 1.26. The molecule has 1 unspecified atom stereocenters. The summed E-state index contributed by atoms with van der Waals surface area (Å²) in [5.74, 6) is -1.08. The molecule has 1 amide bonds. The van der Waals surface area contributed by atoms with Crippen LogP contribution in [0.15, 0.2) is 48.5 Å². The molecule has 0 spiro atoms. The minimum atomic E-state index is -1.43. The third kappa shape index (κ3) is 5.14. The van der Waals surface area contributed by atoms with Gasteiger partial charge in [0.1, 0.15) is 5.75 Å². The lowest BCUT2D eigenvalue weighted by Crippen LogP contribution is -2.53. The second kappa shape index (κ2) is 9.55. The van der Waals surface area contributed by atoms with Crippen molar-refractivity contribution in [2.45, 2.75) is 32.0 Å². The van der Waals surface area contributed by atoms with Gasteiger partial charge in [-0.25, -0.2) is 4.79 Å². The molecule has 0 radical (unpaired) electrons. The SMILES string of the molecule is CCC(=O)N[C@H]1Cc2cccc(C(O)OCOC(=O)c3ccccc3)c2OB1O. The Hall–Kier alpha value is -2.88. The van der Waals surface area contributed by atoms with Gasteiger partial charge >= 0.3 is 13.1 Å². The highest BCUT2D eigenvalue weighted by atomic mass is 16.7. The van der Waals surface area contributed by atoms with Crippen LogP contribution in [0.4, 0.5) is 0 Å². The molecule has 0 bridgehead atoms. The zero-order valence-corrected chi connectivity index (χ0v) is 15.9. The van der Waals surface area contributed by atoms with E-state index in [-0.39, 0.29) is 17.2 Å². The molecule has 3 N–H and O–H groups in total. The van der Waals surface area contributed by atoms with Gasteiger partial charge in [-0.2, -0.15) is 0 Å². The van der Waals surface area contributed by atoms with E-state index in [2.05, 4.69) is 5.32 Å². The number of aliphatic hydroxyl groups excluding tert-OH is 1. The van der Waals surface area contributed by atoms with E-state index in [4.69, 9.17) is 14.1 Å². The van der Waals surface area contributed by atoms with Crippen LogP contribution >= 0.6 is 0 Å². The summed E-state index contributed by atoms with van der Waals surface area (Å²) >= 11 is 0. The minimum Gasteiger partial charge on any atom is -0.534 e. The molecule has 8 nitrogen and oxygen atoms in total. The first-order chi connectivity index (χ1) is 14.0. The first-order valence-corrected chi connectivity index (χ1v) is 9.27. The highest BCUT2D eigenvalue weighted by Crippen LogP contribution is 2.34. The van der Waals surface area contributed by atoms with Crippen molar-refractivity contribution < 1.29 is 33.8 Å². The third-order valence-corrected chi connectivity index (χ3v) is 4.51. The molecule has 1 aliphatic heterocycles. The number of fused-ring (bicyclic) bond motifs is 1. The Balaban J connectivity index is 1.62. The zero-order valence-electron chi connectivity index (χ0n) is 15.9. The smallest absolute Gasteiger partial charge is 0.534 e. The number of carbonyl (C=O) groups is 2. The third-order valence-electron chi connectivity index (χ3n) is 4.51. The van der Waals surface area contributed by atoms with E-state index >= 15 is 0 Å². The fourth-order valence-corrected chi connectivity index (χ4v) is 2.97. The minimum absolute atomic E-state index is 0.194. The lowest BCUT2D eigenvalue weighted by molar-refractivity contribution is -0.157. The van der Waals surface area contributed by atoms with Gasteiger partial charge in [-0.05, 0) is 24.1 Å². The van der Waals surface area contributed by atoms with Crippen molar-refractivity contribution in [3.8, 4) is 5.75 Å². The molecule has 3 rings (SSSR count). The quantitative estimate of drug-likeness (QED) is 0.366. The number of hydrogen-bond donors (Lipinski definition) is 3. The van der Waals surface area contributed by atoms with Crippen LogP contribution in [-0.4, -0.2) is 41.9 Å². The Morgan fingerprint density at radius 2 is 2.00 bits per heavy atom. The Kier molecular flexibility index (Phi) is 6.87. The van der Waals surface area contributed by atoms with Crippen LogP contribution in [0.1, 0.15) is 41.1 Å². The average Bonchev–Trinajstić information content (AvgIpc) is 2.74.